The largest absolute Gasteiger partial charge is 0.417 e. The normalized spacial score (nSPS) is 43.0. The highest BCUT2D eigenvalue weighted by molar-refractivity contribution is 5.91. The summed E-state index contributed by atoms with van der Waals surface area (Å²) in [6, 6.07) is -0.906. The number of halogens is 3. The molecule has 0 aliphatic heterocycles. The lowest BCUT2D eigenvalue weighted by molar-refractivity contribution is -0.290. The third-order valence-electron chi connectivity index (χ3n) is 5.54. The van der Waals surface area contributed by atoms with Crippen LogP contribution in [0.2, 0.25) is 0 Å². The smallest absolute Gasteiger partial charge is 0.380 e. The summed E-state index contributed by atoms with van der Waals surface area (Å²) in [4.78, 5) is 15.6. The van der Waals surface area contributed by atoms with Gasteiger partial charge >= 0.3 is 6.18 Å². The monoisotopic (exact) mass is 303 g/mol. The van der Waals surface area contributed by atoms with Gasteiger partial charge in [0.15, 0.2) is 5.60 Å². The van der Waals surface area contributed by atoms with Crippen molar-refractivity contribution in [2.45, 2.75) is 64.3 Å². The molecule has 0 aromatic carbocycles. The lowest BCUT2D eigenvalue weighted by Crippen LogP contribution is -2.61. The fraction of sp³-hybridized carbons (Fsp3) is 0.867. The van der Waals surface area contributed by atoms with E-state index in [2.05, 4.69) is 4.85 Å². The van der Waals surface area contributed by atoms with Gasteiger partial charge in [-0.3, -0.25) is 4.79 Å². The predicted molar refractivity (Wildman–Crippen MR) is 70.2 cm³/mol. The van der Waals surface area contributed by atoms with Gasteiger partial charge in [-0.25, -0.2) is 6.57 Å². The van der Waals surface area contributed by atoms with E-state index >= 15 is 0 Å². The molecule has 21 heavy (non-hydrogen) atoms. The topological polar surface area (TPSA) is 41.7 Å². The molecule has 0 spiro atoms. The van der Waals surface area contributed by atoms with Crippen LogP contribution < -0.4 is 0 Å². The molecule has 0 bridgehead atoms. The first kappa shape index (κ1) is 16.3. The van der Waals surface area contributed by atoms with E-state index in [4.69, 9.17) is 6.57 Å². The molecule has 1 N–H and O–H groups in total. The zero-order chi connectivity index (χ0) is 16.3. The number of carbonyl (C=O) groups excluding carboxylic acids is 1. The fourth-order valence-corrected chi connectivity index (χ4v) is 4.54. The summed E-state index contributed by atoms with van der Waals surface area (Å²) >= 11 is 0. The minimum atomic E-state index is -4.68. The number of carbonyl (C=O) groups is 1. The molecule has 0 aromatic heterocycles. The maximum atomic E-state index is 13.1. The fourth-order valence-electron chi connectivity index (χ4n) is 4.54. The van der Waals surface area contributed by atoms with Crippen LogP contribution in [-0.4, -0.2) is 28.7 Å². The van der Waals surface area contributed by atoms with Gasteiger partial charge in [-0.15, -0.1) is 0 Å². The van der Waals surface area contributed by atoms with Crippen LogP contribution in [0.15, 0.2) is 0 Å². The van der Waals surface area contributed by atoms with Gasteiger partial charge in [0.1, 0.15) is 0 Å². The number of fused-ring (bicyclic) bond motifs is 1. The van der Waals surface area contributed by atoms with Crippen LogP contribution in [0.3, 0.4) is 0 Å². The first-order valence-electron chi connectivity index (χ1n) is 7.07. The Labute approximate surface area is 122 Å². The number of aliphatic hydroxyl groups is 1. The number of hydrogen-bond donors (Lipinski definition) is 1. The van der Waals surface area contributed by atoms with Crippen molar-refractivity contribution in [3.63, 3.8) is 0 Å². The number of hydrogen-bond acceptors (Lipinski definition) is 2. The Hall–Kier alpha value is -1.09. The molecular weight excluding hydrogens is 283 g/mol. The molecule has 0 saturated heterocycles. The Balaban J connectivity index is 2.42. The quantitative estimate of drug-likeness (QED) is 0.697. The van der Waals surface area contributed by atoms with E-state index in [1.54, 1.807) is 20.8 Å². The lowest BCUT2D eigenvalue weighted by atomic mass is 9.48. The van der Waals surface area contributed by atoms with Gasteiger partial charge in [0.05, 0.1) is 0 Å². The Bertz CT molecular complexity index is 508. The van der Waals surface area contributed by atoms with Crippen molar-refractivity contribution in [1.82, 2.24) is 0 Å². The van der Waals surface area contributed by atoms with Gasteiger partial charge in [0.25, 0.3) is 6.04 Å². The molecule has 6 heteroatoms. The van der Waals surface area contributed by atoms with Crippen molar-refractivity contribution >= 4 is 5.78 Å². The van der Waals surface area contributed by atoms with Crippen molar-refractivity contribution in [2.24, 2.45) is 16.7 Å². The van der Waals surface area contributed by atoms with Crippen molar-refractivity contribution < 1.29 is 23.1 Å². The zero-order valence-corrected chi connectivity index (χ0v) is 12.4. The van der Waals surface area contributed by atoms with E-state index in [1.165, 1.54) is 0 Å². The highest BCUT2D eigenvalue weighted by Gasteiger charge is 2.66. The number of rotatable bonds is 0. The number of Topliss-reactive ketones (excluding diaryl/α,β-unsaturated/α-hetero) is 1. The molecular formula is C15H20F3NO2. The Morgan fingerprint density at radius 3 is 2.38 bits per heavy atom. The van der Waals surface area contributed by atoms with E-state index in [9.17, 15) is 23.1 Å². The second kappa shape index (κ2) is 4.45. The molecule has 3 nitrogen and oxygen atoms in total. The Kier molecular flexibility index (Phi) is 3.45. The summed E-state index contributed by atoms with van der Waals surface area (Å²) in [5.41, 5.74) is -4.38. The maximum Gasteiger partial charge on any atom is 0.417 e. The number of alkyl halides is 3. The van der Waals surface area contributed by atoms with Gasteiger partial charge in [0.2, 0.25) is 5.78 Å². The van der Waals surface area contributed by atoms with Crippen LogP contribution in [0.4, 0.5) is 13.2 Å². The molecule has 0 aromatic rings. The van der Waals surface area contributed by atoms with Crippen LogP contribution in [0.5, 0.6) is 0 Å². The number of ketones is 1. The summed E-state index contributed by atoms with van der Waals surface area (Å²) in [6.07, 6.45) is -5.25. The minimum absolute atomic E-state index is 0.0990. The molecule has 0 amide bonds. The van der Waals surface area contributed by atoms with Crippen LogP contribution in [0, 0.1) is 23.3 Å². The van der Waals surface area contributed by atoms with Gasteiger partial charge in [-0.1, -0.05) is 20.8 Å². The highest BCUT2D eigenvalue weighted by atomic mass is 19.4. The Morgan fingerprint density at radius 2 is 1.90 bits per heavy atom. The first-order chi connectivity index (χ1) is 9.37. The highest BCUT2D eigenvalue weighted by Crippen LogP contribution is 2.61. The number of nitrogens with zero attached hydrogens (tertiary/aromatic N) is 1. The van der Waals surface area contributed by atoms with Crippen LogP contribution in [-0.2, 0) is 4.79 Å². The third-order valence-corrected chi connectivity index (χ3v) is 5.54. The van der Waals surface area contributed by atoms with Gasteiger partial charge in [0, 0.05) is 11.8 Å². The summed E-state index contributed by atoms with van der Waals surface area (Å²) in [5.74, 6) is -0.421. The summed E-state index contributed by atoms with van der Waals surface area (Å²) in [6.45, 7) is 12.3. The van der Waals surface area contributed by atoms with Gasteiger partial charge in [-0.05, 0) is 30.6 Å². The second-order valence-electron chi connectivity index (χ2n) is 7.39. The molecule has 4 atom stereocenters. The molecule has 2 saturated carbocycles. The summed E-state index contributed by atoms with van der Waals surface area (Å²) < 4.78 is 39.4. The van der Waals surface area contributed by atoms with Crippen molar-refractivity contribution in [3.8, 4) is 0 Å². The van der Waals surface area contributed by atoms with E-state index in [0.717, 1.165) is 0 Å². The SMILES string of the molecule is [C-]#[N+]C1C[C@]2(C)C[C@](O)(C(F)(F)F)CC[C@H]2C(C)(C)C1=O. The van der Waals surface area contributed by atoms with Crippen LogP contribution in [0.25, 0.3) is 4.85 Å². The van der Waals surface area contributed by atoms with Crippen LogP contribution in [0.1, 0.15) is 46.5 Å². The van der Waals surface area contributed by atoms with E-state index in [-0.39, 0.29) is 31.0 Å². The maximum absolute atomic E-state index is 13.1. The van der Waals surface area contributed by atoms with Crippen molar-refractivity contribution in [1.29, 1.82) is 0 Å². The Morgan fingerprint density at radius 1 is 1.33 bits per heavy atom. The average molecular weight is 303 g/mol. The molecule has 0 heterocycles. The van der Waals surface area contributed by atoms with E-state index in [1.807, 2.05) is 0 Å². The molecule has 2 aliphatic rings. The molecule has 118 valence electrons. The van der Waals surface area contributed by atoms with Crippen molar-refractivity contribution in [3.05, 3.63) is 11.4 Å². The summed E-state index contributed by atoms with van der Waals surface area (Å²) in [5, 5.41) is 10.0. The minimum Gasteiger partial charge on any atom is -0.380 e. The molecule has 0 radical (unpaired) electrons. The molecule has 2 fully saturated rings. The van der Waals surface area contributed by atoms with Crippen LogP contribution >= 0.6 is 0 Å². The van der Waals surface area contributed by atoms with Gasteiger partial charge in [-0.2, -0.15) is 13.2 Å². The summed E-state index contributed by atoms with van der Waals surface area (Å²) in [7, 11) is 0. The first-order valence-corrected chi connectivity index (χ1v) is 7.07. The molecule has 2 aliphatic carbocycles. The third kappa shape index (κ3) is 2.26. The molecule has 1 unspecified atom stereocenters. The standard InChI is InChI=1S/C15H20F3NO2/c1-12(2)10-5-6-14(21,15(16,17)18)8-13(10,3)7-9(19-4)11(12)20/h9-10,21H,5-8H2,1-3H3/t9?,10-,13+,14-/m0/s1. The zero-order valence-electron chi connectivity index (χ0n) is 12.4. The van der Waals surface area contributed by atoms with Crippen molar-refractivity contribution in [2.75, 3.05) is 0 Å². The average Bonchev–Trinajstić information content (AvgIpc) is 2.32. The van der Waals surface area contributed by atoms with Gasteiger partial charge < -0.3 is 9.95 Å². The molecule has 2 rings (SSSR count). The predicted octanol–water partition coefficient (Wildman–Crippen LogP) is 3.37. The van der Waals surface area contributed by atoms with E-state index in [0.29, 0.717) is 0 Å². The lowest BCUT2D eigenvalue weighted by Gasteiger charge is -2.56. The van der Waals surface area contributed by atoms with E-state index < -0.39 is 35.1 Å². The second-order valence-corrected chi connectivity index (χ2v) is 7.39.